The Morgan fingerprint density at radius 1 is 1.10 bits per heavy atom. The molecule has 198 valence electrons. The van der Waals surface area contributed by atoms with Crippen LogP contribution in [0.15, 0.2) is 67.0 Å². The van der Waals surface area contributed by atoms with Gasteiger partial charge in [-0.1, -0.05) is 41.4 Å². The number of nitrogens with zero attached hydrogens (tertiary/aromatic N) is 4. The molecule has 2 aromatic heterocycles. The number of aromatic nitrogens is 4. The van der Waals surface area contributed by atoms with Crippen LogP contribution in [0.25, 0.3) is 21.9 Å². The van der Waals surface area contributed by atoms with Gasteiger partial charge in [0.05, 0.1) is 33.2 Å². The number of halogens is 2. The monoisotopic (exact) mass is 559 g/mol. The molecule has 3 N–H and O–H groups in total. The van der Waals surface area contributed by atoms with Crippen molar-refractivity contribution in [2.75, 3.05) is 23.7 Å². The van der Waals surface area contributed by atoms with Gasteiger partial charge in [-0.05, 0) is 62.2 Å². The number of hydrogen-bond acceptors (Lipinski definition) is 6. The molecular weight excluding hydrogens is 533 g/mol. The molecule has 5 aromatic rings. The first-order valence-corrected chi connectivity index (χ1v) is 13.7. The van der Waals surface area contributed by atoms with Crippen LogP contribution >= 0.6 is 23.2 Å². The van der Waals surface area contributed by atoms with E-state index >= 15 is 0 Å². The van der Waals surface area contributed by atoms with Crippen LogP contribution in [0.4, 0.5) is 11.5 Å². The summed E-state index contributed by atoms with van der Waals surface area (Å²) in [6.45, 7) is 3.37. The van der Waals surface area contributed by atoms with Crippen LogP contribution in [-0.2, 0) is 0 Å². The zero-order chi connectivity index (χ0) is 26.9. The summed E-state index contributed by atoms with van der Waals surface area (Å²) in [6, 6.07) is 19.0. The number of carbonyl (C=O) groups excluding carboxylic acids is 1. The number of amides is 1. The van der Waals surface area contributed by atoms with Gasteiger partial charge >= 0.3 is 0 Å². The van der Waals surface area contributed by atoms with E-state index in [9.17, 15) is 4.79 Å². The lowest BCUT2D eigenvalue weighted by Gasteiger charge is -2.26. The Morgan fingerprint density at radius 3 is 2.79 bits per heavy atom. The number of nitrogens with one attached hydrogen (secondary N) is 3. The molecule has 1 unspecified atom stereocenters. The Balaban J connectivity index is 1.22. The summed E-state index contributed by atoms with van der Waals surface area (Å²) in [7, 11) is 0. The van der Waals surface area contributed by atoms with Gasteiger partial charge in [0.1, 0.15) is 18.0 Å². The number of aromatic amines is 1. The Labute approximate surface area is 235 Å². The second kappa shape index (κ2) is 10.7. The van der Waals surface area contributed by atoms with E-state index in [-0.39, 0.29) is 18.0 Å². The molecule has 3 heterocycles. The lowest BCUT2D eigenvalue weighted by atomic mass is 10.1. The van der Waals surface area contributed by atoms with Gasteiger partial charge in [0.25, 0.3) is 5.91 Å². The molecular formula is C29H27Cl2N7O. The van der Waals surface area contributed by atoms with Crippen LogP contribution in [-0.4, -0.2) is 49.9 Å². The van der Waals surface area contributed by atoms with Crippen LogP contribution < -0.4 is 10.6 Å². The number of H-pyrrole nitrogens is 1. The van der Waals surface area contributed by atoms with Crippen molar-refractivity contribution in [1.82, 2.24) is 24.8 Å². The topological polar surface area (TPSA) is 98.8 Å². The third-order valence-electron chi connectivity index (χ3n) is 7.13. The van der Waals surface area contributed by atoms with Gasteiger partial charge < -0.3 is 20.5 Å². The largest absolute Gasteiger partial charge is 0.383 e. The Bertz CT molecular complexity index is 1660. The van der Waals surface area contributed by atoms with E-state index in [0.717, 1.165) is 40.8 Å². The third kappa shape index (κ3) is 5.22. The molecule has 3 aromatic carbocycles. The lowest BCUT2D eigenvalue weighted by molar-refractivity contribution is 0.0744. The first-order chi connectivity index (χ1) is 19.0. The van der Waals surface area contributed by atoms with Gasteiger partial charge in [0, 0.05) is 35.2 Å². The van der Waals surface area contributed by atoms with E-state index in [0.29, 0.717) is 40.0 Å². The number of anilines is 2. The van der Waals surface area contributed by atoms with E-state index in [2.05, 4.69) is 30.6 Å². The number of rotatable bonds is 7. The molecule has 1 amide bonds. The fourth-order valence-electron chi connectivity index (χ4n) is 5.10. The summed E-state index contributed by atoms with van der Waals surface area (Å²) >= 11 is 12.8. The molecule has 1 aliphatic rings. The van der Waals surface area contributed by atoms with E-state index < -0.39 is 0 Å². The Hall–Kier alpha value is -3.88. The predicted octanol–water partition coefficient (Wildman–Crippen LogP) is 6.70. The molecule has 2 atom stereocenters. The standard InChI is InChI=1S/C29H27Cl2N7O/c1-17(27-36-24-10-9-18(30)12-26(24)37-27)35-28-22-13-23(31)21(14-25(22)33-16-34-28)29(39)38-11-5-8-20(38)15-32-19-6-3-2-4-7-19/h2-4,6-7,9-10,12-14,16-17,20,32H,5,8,11,15H2,1H3,(H,36,37)(H,33,34,35)/t17-,20?/m0/s1. The molecule has 0 spiro atoms. The van der Waals surface area contributed by atoms with Crippen LogP contribution in [0.5, 0.6) is 0 Å². The van der Waals surface area contributed by atoms with E-state index in [1.165, 1.54) is 6.33 Å². The molecule has 6 rings (SSSR count). The van der Waals surface area contributed by atoms with Crippen molar-refractivity contribution in [3.05, 3.63) is 88.4 Å². The highest BCUT2D eigenvalue weighted by Crippen LogP contribution is 2.31. The van der Waals surface area contributed by atoms with Gasteiger partial charge in [-0.25, -0.2) is 15.0 Å². The fourth-order valence-corrected chi connectivity index (χ4v) is 5.51. The van der Waals surface area contributed by atoms with Gasteiger partial charge in [-0.15, -0.1) is 0 Å². The van der Waals surface area contributed by atoms with Crippen LogP contribution in [0.2, 0.25) is 10.0 Å². The Morgan fingerprint density at radius 2 is 1.95 bits per heavy atom. The number of imidazole rings is 1. The van der Waals surface area contributed by atoms with Crippen LogP contribution in [0.1, 0.15) is 42.0 Å². The smallest absolute Gasteiger partial charge is 0.255 e. The number of likely N-dealkylation sites (tertiary alicyclic amines) is 1. The number of fused-ring (bicyclic) bond motifs is 2. The summed E-state index contributed by atoms with van der Waals surface area (Å²) in [6.07, 6.45) is 3.39. The number of carbonyl (C=O) groups is 1. The van der Waals surface area contributed by atoms with Gasteiger partial charge in [0.2, 0.25) is 0 Å². The normalized spacial score (nSPS) is 16.1. The van der Waals surface area contributed by atoms with Crippen molar-refractivity contribution in [1.29, 1.82) is 0 Å². The van der Waals surface area contributed by atoms with Crippen molar-refractivity contribution in [3.8, 4) is 0 Å². The summed E-state index contributed by atoms with van der Waals surface area (Å²) < 4.78 is 0. The fraction of sp³-hybridized carbons (Fsp3) is 0.241. The van der Waals surface area contributed by atoms with E-state index in [1.54, 1.807) is 12.1 Å². The highest BCUT2D eigenvalue weighted by molar-refractivity contribution is 6.35. The predicted molar refractivity (Wildman–Crippen MR) is 157 cm³/mol. The summed E-state index contributed by atoms with van der Waals surface area (Å²) in [5.74, 6) is 1.28. The van der Waals surface area contributed by atoms with E-state index in [4.69, 9.17) is 23.2 Å². The molecule has 1 fully saturated rings. The maximum atomic E-state index is 13.6. The van der Waals surface area contributed by atoms with Crippen LogP contribution in [0, 0.1) is 0 Å². The van der Waals surface area contributed by atoms with E-state index in [1.807, 2.05) is 60.4 Å². The minimum absolute atomic E-state index is 0.0818. The second-order valence-electron chi connectivity index (χ2n) is 9.76. The SMILES string of the molecule is C[C@H](Nc1ncnc2cc(C(=O)N3CCCC3CNc3ccccc3)c(Cl)cc12)c1nc2ccc(Cl)cc2[nH]1. The third-order valence-corrected chi connectivity index (χ3v) is 7.68. The molecule has 39 heavy (non-hydrogen) atoms. The van der Waals surface area contributed by atoms with Crippen molar-refractivity contribution >= 4 is 62.6 Å². The zero-order valence-corrected chi connectivity index (χ0v) is 22.8. The highest BCUT2D eigenvalue weighted by atomic mass is 35.5. The number of para-hydroxylation sites is 1. The molecule has 1 aliphatic heterocycles. The Kier molecular flexibility index (Phi) is 6.97. The summed E-state index contributed by atoms with van der Waals surface area (Å²) in [5, 5.41) is 8.60. The van der Waals surface area contributed by atoms with Crippen molar-refractivity contribution in [2.45, 2.75) is 31.8 Å². The van der Waals surface area contributed by atoms with Gasteiger partial charge in [-0.2, -0.15) is 0 Å². The minimum atomic E-state index is -0.183. The summed E-state index contributed by atoms with van der Waals surface area (Å²) in [5.41, 5.74) is 3.83. The molecule has 0 saturated carbocycles. The molecule has 10 heteroatoms. The molecule has 1 saturated heterocycles. The average molecular weight is 560 g/mol. The van der Waals surface area contributed by atoms with Gasteiger partial charge in [0.15, 0.2) is 0 Å². The lowest BCUT2D eigenvalue weighted by Crippen LogP contribution is -2.39. The first-order valence-electron chi connectivity index (χ1n) is 12.9. The van der Waals surface area contributed by atoms with Crippen LogP contribution in [0.3, 0.4) is 0 Å². The maximum Gasteiger partial charge on any atom is 0.255 e. The summed E-state index contributed by atoms with van der Waals surface area (Å²) in [4.78, 5) is 32.4. The zero-order valence-electron chi connectivity index (χ0n) is 21.3. The highest BCUT2D eigenvalue weighted by Gasteiger charge is 2.30. The molecule has 0 aliphatic carbocycles. The molecule has 0 bridgehead atoms. The molecule has 8 nitrogen and oxygen atoms in total. The van der Waals surface area contributed by atoms with Gasteiger partial charge in [-0.3, -0.25) is 4.79 Å². The molecule has 0 radical (unpaired) electrons. The second-order valence-corrected chi connectivity index (χ2v) is 10.6. The van der Waals surface area contributed by atoms with Crippen molar-refractivity contribution < 1.29 is 4.79 Å². The quantitative estimate of drug-likeness (QED) is 0.205. The first kappa shape index (κ1) is 25.4. The number of benzene rings is 3. The number of hydrogen-bond donors (Lipinski definition) is 3. The van der Waals surface area contributed by atoms with Crippen molar-refractivity contribution in [2.24, 2.45) is 0 Å². The average Bonchev–Trinajstić information content (AvgIpc) is 3.59. The maximum absolute atomic E-state index is 13.6. The minimum Gasteiger partial charge on any atom is -0.383 e. The van der Waals surface area contributed by atoms with Crippen molar-refractivity contribution in [3.63, 3.8) is 0 Å².